The van der Waals surface area contributed by atoms with Crippen molar-refractivity contribution in [2.24, 2.45) is 11.7 Å². The van der Waals surface area contributed by atoms with Gasteiger partial charge in [-0.15, -0.1) is 0 Å². The summed E-state index contributed by atoms with van der Waals surface area (Å²) in [5.41, 5.74) is 6.48. The fraction of sp³-hybridized carbons (Fsp3) is 0.632. The summed E-state index contributed by atoms with van der Waals surface area (Å²) in [6.07, 6.45) is 3.50. The molecule has 0 aliphatic carbocycles. The Morgan fingerprint density at radius 1 is 1.38 bits per heavy atom. The molecule has 4 nitrogen and oxygen atoms in total. The van der Waals surface area contributed by atoms with E-state index in [1.165, 1.54) is 0 Å². The Morgan fingerprint density at radius 2 is 2.08 bits per heavy atom. The van der Waals surface area contributed by atoms with E-state index in [1.54, 1.807) is 0 Å². The first-order valence-electron chi connectivity index (χ1n) is 8.92. The average Bonchev–Trinajstić information content (AvgIpc) is 2.62. The van der Waals surface area contributed by atoms with Crippen molar-refractivity contribution in [1.29, 1.82) is 0 Å². The van der Waals surface area contributed by atoms with Crippen molar-refractivity contribution in [3.8, 4) is 0 Å². The predicted octanol–water partition coefficient (Wildman–Crippen LogP) is 2.97. The Labute approximate surface area is 149 Å². The molecule has 24 heavy (non-hydrogen) atoms. The van der Waals surface area contributed by atoms with Crippen LogP contribution in [0.4, 0.5) is 0 Å². The molecular formula is C19H27ClN2O2. The zero-order valence-electron chi connectivity index (χ0n) is 14.3. The molecule has 0 unspecified atom stereocenters. The first-order chi connectivity index (χ1) is 11.5. The van der Waals surface area contributed by atoms with Gasteiger partial charge in [0.1, 0.15) is 0 Å². The molecule has 0 radical (unpaired) electrons. The van der Waals surface area contributed by atoms with Gasteiger partial charge in [-0.05, 0) is 50.2 Å². The topological polar surface area (TPSA) is 55.6 Å². The maximum Gasteiger partial charge on any atom is 0.233 e. The van der Waals surface area contributed by atoms with Crippen molar-refractivity contribution in [3.63, 3.8) is 0 Å². The van der Waals surface area contributed by atoms with Crippen LogP contribution in [-0.2, 0) is 14.9 Å². The highest BCUT2D eigenvalue weighted by molar-refractivity contribution is 6.31. The number of nitrogens with zero attached hydrogens (tertiary/aromatic N) is 1. The molecule has 1 aromatic rings. The monoisotopic (exact) mass is 350 g/mol. The molecule has 0 spiro atoms. The van der Waals surface area contributed by atoms with Crippen molar-refractivity contribution in [2.45, 2.75) is 44.1 Å². The summed E-state index contributed by atoms with van der Waals surface area (Å²) in [6, 6.07) is 7.87. The van der Waals surface area contributed by atoms with Crippen LogP contribution in [-0.4, -0.2) is 43.2 Å². The maximum absolute atomic E-state index is 13.6. The van der Waals surface area contributed by atoms with Crippen molar-refractivity contribution < 1.29 is 9.53 Å². The van der Waals surface area contributed by atoms with Crippen LogP contribution in [0.1, 0.15) is 38.2 Å². The molecule has 2 fully saturated rings. The molecule has 5 heteroatoms. The summed E-state index contributed by atoms with van der Waals surface area (Å²) < 4.78 is 5.55. The summed E-state index contributed by atoms with van der Waals surface area (Å²) in [6.45, 7) is 4.80. The van der Waals surface area contributed by atoms with E-state index < -0.39 is 5.41 Å². The van der Waals surface area contributed by atoms with Gasteiger partial charge in [0.15, 0.2) is 0 Å². The van der Waals surface area contributed by atoms with E-state index in [4.69, 9.17) is 22.1 Å². The third kappa shape index (κ3) is 3.32. The highest BCUT2D eigenvalue weighted by atomic mass is 35.5. The largest absolute Gasteiger partial charge is 0.381 e. The molecule has 2 saturated heterocycles. The highest BCUT2D eigenvalue weighted by Gasteiger charge is 2.46. The molecule has 0 aromatic heterocycles. The highest BCUT2D eigenvalue weighted by Crippen LogP contribution is 2.41. The number of nitrogens with two attached hydrogens (primary N) is 1. The minimum Gasteiger partial charge on any atom is -0.381 e. The number of carbonyl (C=O) groups is 1. The lowest BCUT2D eigenvalue weighted by Gasteiger charge is -2.43. The van der Waals surface area contributed by atoms with Crippen molar-refractivity contribution in [2.75, 3.05) is 26.3 Å². The average molecular weight is 351 g/mol. The van der Waals surface area contributed by atoms with Crippen LogP contribution in [0.5, 0.6) is 0 Å². The van der Waals surface area contributed by atoms with Gasteiger partial charge in [0.05, 0.1) is 5.41 Å². The lowest BCUT2D eigenvalue weighted by Crippen LogP contribution is -2.54. The van der Waals surface area contributed by atoms with Gasteiger partial charge in [-0.3, -0.25) is 4.79 Å². The van der Waals surface area contributed by atoms with Crippen molar-refractivity contribution >= 4 is 17.5 Å². The Hall–Kier alpha value is -1.10. The van der Waals surface area contributed by atoms with Gasteiger partial charge in [0.25, 0.3) is 0 Å². The zero-order chi connectivity index (χ0) is 17.2. The normalized spacial score (nSPS) is 25.3. The molecule has 2 N–H and O–H groups in total. The second kappa shape index (κ2) is 7.42. The standard InChI is InChI=1S/C19H27ClN2O2/c1-14(21)15-5-4-10-22(13-15)18(23)19(8-11-24-12-9-19)16-6-2-3-7-17(16)20/h2-3,6-7,14-15H,4-5,8-13,21H2,1H3/t14-,15+/m0/s1. The van der Waals surface area contributed by atoms with Crippen LogP contribution >= 0.6 is 11.6 Å². The molecule has 2 aliphatic heterocycles. The number of ether oxygens (including phenoxy) is 1. The van der Waals surface area contributed by atoms with Gasteiger partial charge in [-0.2, -0.15) is 0 Å². The minimum atomic E-state index is -0.559. The van der Waals surface area contributed by atoms with E-state index in [0.717, 1.165) is 31.5 Å². The maximum atomic E-state index is 13.6. The quantitative estimate of drug-likeness (QED) is 0.911. The van der Waals surface area contributed by atoms with Gasteiger partial charge in [0.2, 0.25) is 5.91 Å². The van der Waals surface area contributed by atoms with Gasteiger partial charge < -0.3 is 15.4 Å². The fourth-order valence-corrected chi connectivity index (χ4v) is 4.41. The van der Waals surface area contributed by atoms with Gasteiger partial charge >= 0.3 is 0 Å². The summed E-state index contributed by atoms with van der Waals surface area (Å²) in [7, 11) is 0. The SMILES string of the molecule is C[C@H](N)[C@@H]1CCCN(C(=O)C2(c3ccccc3Cl)CCOCC2)C1. The Kier molecular flexibility index (Phi) is 5.48. The van der Waals surface area contributed by atoms with Crippen LogP contribution < -0.4 is 5.73 Å². The molecule has 1 amide bonds. The minimum absolute atomic E-state index is 0.117. The Morgan fingerprint density at radius 3 is 2.75 bits per heavy atom. The van der Waals surface area contributed by atoms with E-state index in [-0.39, 0.29) is 11.9 Å². The number of likely N-dealkylation sites (tertiary alicyclic amines) is 1. The number of hydrogen-bond donors (Lipinski definition) is 1. The van der Waals surface area contributed by atoms with Crippen LogP contribution in [0.3, 0.4) is 0 Å². The van der Waals surface area contributed by atoms with Crippen LogP contribution in [0.25, 0.3) is 0 Å². The molecule has 3 rings (SSSR count). The summed E-state index contributed by atoms with van der Waals surface area (Å²) >= 11 is 6.48. The third-order valence-corrected chi connectivity index (χ3v) is 5.96. The van der Waals surface area contributed by atoms with Gasteiger partial charge in [-0.1, -0.05) is 29.8 Å². The molecule has 1 aromatic carbocycles. The number of carbonyl (C=O) groups excluding carboxylic acids is 1. The smallest absolute Gasteiger partial charge is 0.233 e. The first kappa shape index (κ1) is 17.7. The second-order valence-electron chi connectivity index (χ2n) is 7.19. The molecule has 132 valence electrons. The van der Waals surface area contributed by atoms with Crippen LogP contribution in [0.15, 0.2) is 24.3 Å². The number of piperidine rings is 1. The van der Waals surface area contributed by atoms with E-state index >= 15 is 0 Å². The lowest BCUT2D eigenvalue weighted by atomic mass is 9.72. The number of hydrogen-bond acceptors (Lipinski definition) is 3. The molecular weight excluding hydrogens is 324 g/mol. The second-order valence-corrected chi connectivity index (χ2v) is 7.59. The Balaban J connectivity index is 1.91. The molecule has 2 heterocycles. The van der Waals surface area contributed by atoms with Crippen LogP contribution in [0, 0.1) is 5.92 Å². The molecule has 2 atom stereocenters. The van der Waals surface area contributed by atoms with E-state index in [2.05, 4.69) is 0 Å². The fourth-order valence-electron chi connectivity index (χ4n) is 4.09. The molecule has 0 saturated carbocycles. The third-order valence-electron chi connectivity index (χ3n) is 5.63. The molecule has 2 aliphatic rings. The van der Waals surface area contributed by atoms with Crippen LogP contribution in [0.2, 0.25) is 5.02 Å². The van der Waals surface area contributed by atoms with E-state index in [0.29, 0.717) is 37.0 Å². The van der Waals surface area contributed by atoms with E-state index in [1.807, 2.05) is 36.1 Å². The van der Waals surface area contributed by atoms with Crippen molar-refractivity contribution in [1.82, 2.24) is 4.90 Å². The first-order valence-corrected chi connectivity index (χ1v) is 9.30. The summed E-state index contributed by atoms with van der Waals surface area (Å²) in [5, 5.41) is 0.675. The predicted molar refractivity (Wildman–Crippen MR) is 96.1 cm³/mol. The lowest BCUT2D eigenvalue weighted by molar-refractivity contribution is -0.143. The number of amides is 1. The van der Waals surface area contributed by atoms with Crippen molar-refractivity contribution in [3.05, 3.63) is 34.9 Å². The number of halogens is 1. The van der Waals surface area contributed by atoms with E-state index in [9.17, 15) is 4.79 Å². The van der Waals surface area contributed by atoms with Gasteiger partial charge in [0, 0.05) is 37.4 Å². The summed E-state index contributed by atoms with van der Waals surface area (Å²) in [5.74, 6) is 0.579. The molecule has 0 bridgehead atoms. The Bertz CT molecular complexity index is 584. The summed E-state index contributed by atoms with van der Waals surface area (Å²) in [4.78, 5) is 15.6. The van der Waals surface area contributed by atoms with Gasteiger partial charge in [-0.25, -0.2) is 0 Å². The number of rotatable bonds is 3. The zero-order valence-corrected chi connectivity index (χ0v) is 15.1. The number of benzene rings is 1.